The van der Waals surface area contributed by atoms with Gasteiger partial charge in [0, 0.05) is 12.4 Å². The summed E-state index contributed by atoms with van der Waals surface area (Å²) in [5.74, 6) is -0.430. The van der Waals surface area contributed by atoms with E-state index in [9.17, 15) is 9.59 Å². The first kappa shape index (κ1) is 16.4. The van der Waals surface area contributed by atoms with Gasteiger partial charge in [-0.3, -0.25) is 14.9 Å². The molecule has 7 heteroatoms. The van der Waals surface area contributed by atoms with Crippen LogP contribution in [0.2, 0.25) is 0 Å². The number of benzene rings is 1. The van der Waals surface area contributed by atoms with Crippen molar-refractivity contribution in [2.45, 2.75) is 6.92 Å². The molecule has 1 aromatic carbocycles. The molecule has 0 spiro atoms. The van der Waals surface area contributed by atoms with E-state index in [1.807, 2.05) is 23.8 Å². The molecule has 5 nitrogen and oxygen atoms in total. The quantitative estimate of drug-likeness (QED) is 0.766. The number of carbonyl (C=O) groups excluding carboxylic acids is 2. The molecule has 0 atom stereocenters. The lowest BCUT2D eigenvalue weighted by molar-refractivity contribution is 0.0996. The van der Waals surface area contributed by atoms with Crippen LogP contribution in [0.1, 0.15) is 25.7 Å². The average molecular weight is 357 g/mol. The van der Waals surface area contributed by atoms with E-state index in [1.54, 1.807) is 37.4 Å². The molecule has 1 N–H and O–H groups in total. The highest BCUT2D eigenvalue weighted by atomic mass is 32.1. The van der Waals surface area contributed by atoms with Gasteiger partial charge in [0.05, 0.1) is 21.8 Å². The fourth-order valence-electron chi connectivity index (χ4n) is 2.21. The van der Waals surface area contributed by atoms with Crippen LogP contribution in [0.3, 0.4) is 0 Å². The number of aryl methyl sites for hydroxylation is 1. The maximum absolute atomic E-state index is 12.6. The molecule has 0 radical (unpaired) electrons. The smallest absolute Gasteiger partial charge is 0.268 e. The van der Waals surface area contributed by atoms with E-state index in [1.165, 1.54) is 27.6 Å². The SMILES string of the molecule is Cc1csc(NC(=O)c2ccccc2N(C)C(=O)c2cccs2)n1. The second-order valence-corrected chi connectivity index (χ2v) is 6.91. The van der Waals surface area contributed by atoms with Crippen LogP contribution >= 0.6 is 22.7 Å². The molecular weight excluding hydrogens is 342 g/mol. The molecule has 2 heterocycles. The van der Waals surface area contributed by atoms with Gasteiger partial charge in [-0.05, 0) is 30.5 Å². The fraction of sp³-hybridized carbons (Fsp3) is 0.118. The number of rotatable bonds is 4. The van der Waals surface area contributed by atoms with Crippen LogP contribution in [0, 0.1) is 6.92 Å². The second-order valence-electron chi connectivity index (χ2n) is 5.11. The third kappa shape index (κ3) is 3.37. The Morgan fingerprint density at radius 2 is 1.92 bits per heavy atom. The van der Waals surface area contributed by atoms with E-state index >= 15 is 0 Å². The van der Waals surface area contributed by atoms with E-state index in [0.29, 0.717) is 21.3 Å². The molecule has 2 amide bonds. The van der Waals surface area contributed by atoms with Crippen molar-refractivity contribution in [1.82, 2.24) is 4.98 Å². The minimum Gasteiger partial charge on any atom is -0.310 e. The van der Waals surface area contributed by atoms with Crippen molar-refractivity contribution < 1.29 is 9.59 Å². The molecule has 0 aliphatic heterocycles. The molecular formula is C17H15N3O2S2. The zero-order valence-electron chi connectivity index (χ0n) is 13.1. The highest BCUT2D eigenvalue weighted by Gasteiger charge is 2.20. The van der Waals surface area contributed by atoms with E-state index in [-0.39, 0.29) is 11.8 Å². The van der Waals surface area contributed by atoms with Crippen LogP contribution in [0.25, 0.3) is 0 Å². The molecule has 3 aromatic rings. The van der Waals surface area contributed by atoms with Crippen molar-refractivity contribution in [3.05, 3.63) is 63.3 Å². The van der Waals surface area contributed by atoms with Crippen LogP contribution in [0.4, 0.5) is 10.8 Å². The normalized spacial score (nSPS) is 10.4. The fourth-order valence-corrected chi connectivity index (χ4v) is 3.59. The summed E-state index contributed by atoms with van der Waals surface area (Å²) in [4.78, 5) is 31.5. The average Bonchev–Trinajstić information content (AvgIpc) is 3.25. The number of amides is 2. The summed E-state index contributed by atoms with van der Waals surface area (Å²) in [6, 6.07) is 10.6. The number of thiazole rings is 1. The Hall–Kier alpha value is -2.51. The largest absolute Gasteiger partial charge is 0.310 e. The van der Waals surface area contributed by atoms with Gasteiger partial charge < -0.3 is 4.90 Å². The van der Waals surface area contributed by atoms with E-state index in [4.69, 9.17) is 0 Å². The predicted octanol–water partition coefficient (Wildman–Crippen LogP) is 4.04. The standard InChI is InChI=1S/C17H15N3O2S2/c1-11-10-24-17(18-11)19-15(21)12-6-3-4-7-13(12)20(2)16(22)14-8-5-9-23-14/h3-10H,1-2H3,(H,18,19,21). The first-order valence-electron chi connectivity index (χ1n) is 7.20. The summed E-state index contributed by atoms with van der Waals surface area (Å²) in [5, 5.41) is 7.04. The van der Waals surface area contributed by atoms with Gasteiger partial charge >= 0.3 is 0 Å². The lowest BCUT2D eigenvalue weighted by Gasteiger charge is -2.19. The summed E-state index contributed by atoms with van der Waals surface area (Å²) in [6.45, 7) is 1.87. The molecule has 0 unspecified atom stereocenters. The molecule has 3 rings (SSSR count). The van der Waals surface area contributed by atoms with Gasteiger partial charge in [-0.1, -0.05) is 18.2 Å². The Morgan fingerprint density at radius 1 is 1.12 bits per heavy atom. The lowest BCUT2D eigenvalue weighted by atomic mass is 10.1. The van der Waals surface area contributed by atoms with Gasteiger partial charge in [0.25, 0.3) is 11.8 Å². The van der Waals surface area contributed by atoms with Crippen LogP contribution in [0.15, 0.2) is 47.2 Å². The number of hydrogen-bond donors (Lipinski definition) is 1. The number of aromatic nitrogens is 1. The lowest BCUT2D eigenvalue weighted by Crippen LogP contribution is -2.28. The number of thiophene rings is 1. The second kappa shape index (κ2) is 6.94. The first-order valence-corrected chi connectivity index (χ1v) is 8.96. The minimum absolute atomic E-state index is 0.143. The molecule has 0 saturated heterocycles. The van der Waals surface area contributed by atoms with Gasteiger partial charge in [0.1, 0.15) is 0 Å². The number of carbonyl (C=O) groups is 2. The van der Waals surface area contributed by atoms with Crippen LogP contribution < -0.4 is 10.2 Å². The van der Waals surface area contributed by atoms with Gasteiger partial charge in [-0.25, -0.2) is 4.98 Å². The minimum atomic E-state index is -0.286. The summed E-state index contributed by atoms with van der Waals surface area (Å²) in [5.41, 5.74) is 1.84. The number of anilines is 2. The topological polar surface area (TPSA) is 62.3 Å². The Morgan fingerprint density at radius 3 is 2.58 bits per heavy atom. The molecule has 0 fully saturated rings. The summed E-state index contributed by atoms with van der Waals surface area (Å²) in [7, 11) is 1.67. The molecule has 24 heavy (non-hydrogen) atoms. The monoisotopic (exact) mass is 357 g/mol. The zero-order valence-corrected chi connectivity index (χ0v) is 14.8. The van der Waals surface area contributed by atoms with Crippen LogP contribution in [0.5, 0.6) is 0 Å². The third-order valence-electron chi connectivity index (χ3n) is 3.39. The summed E-state index contributed by atoms with van der Waals surface area (Å²) in [6.07, 6.45) is 0. The predicted molar refractivity (Wildman–Crippen MR) is 98.3 cm³/mol. The van der Waals surface area contributed by atoms with Crippen molar-refractivity contribution in [1.29, 1.82) is 0 Å². The zero-order chi connectivity index (χ0) is 17.1. The van der Waals surface area contributed by atoms with E-state index < -0.39 is 0 Å². The van der Waals surface area contributed by atoms with Crippen molar-refractivity contribution in [3.8, 4) is 0 Å². The number of nitrogens with one attached hydrogen (secondary N) is 1. The van der Waals surface area contributed by atoms with Gasteiger partial charge in [0.2, 0.25) is 0 Å². The summed E-state index contributed by atoms with van der Waals surface area (Å²) < 4.78 is 0. The molecule has 0 aliphatic rings. The molecule has 0 bridgehead atoms. The maximum Gasteiger partial charge on any atom is 0.268 e. The van der Waals surface area contributed by atoms with Crippen LogP contribution in [-0.4, -0.2) is 23.8 Å². The summed E-state index contributed by atoms with van der Waals surface area (Å²) >= 11 is 2.74. The Bertz CT molecular complexity index is 872. The highest BCUT2D eigenvalue weighted by molar-refractivity contribution is 7.14. The van der Waals surface area contributed by atoms with Gasteiger partial charge in [-0.15, -0.1) is 22.7 Å². The van der Waals surface area contributed by atoms with Crippen molar-refractivity contribution in [3.63, 3.8) is 0 Å². The highest BCUT2D eigenvalue weighted by Crippen LogP contribution is 2.24. The Labute approximate surface area is 147 Å². The van der Waals surface area contributed by atoms with Crippen molar-refractivity contribution in [2.24, 2.45) is 0 Å². The molecule has 122 valence electrons. The van der Waals surface area contributed by atoms with Crippen molar-refractivity contribution in [2.75, 3.05) is 17.3 Å². The van der Waals surface area contributed by atoms with Crippen molar-refractivity contribution >= 4 is 45.3 Å². The Kier molecular flexibility index (Phi) is 4.73. The van der Waals surface area contributed by atoms with Gasteiger partial charge in [-0.2, -0.15) is 0 Å². The van der Waals surface area contributed by atoms with E-state index in [0.717, 1.165) is 5.69 Å². The number of nitrogens with zero attached hydrogens (tertiary/aromatic N) is 2. The number of hydrogen-bond acceptors (Lipinski definition) is 5. The van der Waals surface area contributed by atoms with Gasteiger partial charge in [0.15, 0.2) is 5.13 Å². The van der Waals surface area contributed by atoms with Crippen LogP contribution in [-0.2, 0) is 0 Å². The molecule has 2 aromatic heterocycles. The molecule has 0 aliphatic carbocycles. The Balaban J connectivity index is 1.87. The number of para-hydroxylation sites is 1. The van der Waals surface area contributed by atoms with E-state index in [2.05, 4.69) is 10.3 Å². The first-order chi connectivity index (χ1) is 11.6. The maximum atomic E-state index is 12.6. The third-order valence-corrected chi connectivity index (χ3v) is 5.12. The molecule has 0 saturated carbocycles.